The lowest BCUT2D eigenvalue weighted by atomic mass is 11.8. The zero-order valence-electron chi connectivity index (χ0n) is 4.65. The molecule has 0 saturated carbocycles. The summed E-state index contributed by atoms with van der Waals surface area (Å²) in [5.41, 5.74) is 0. The molecule has 0 radical (unpaired) electrons. The SMILES string of the molecule is CO.N.O.O.O.O.O. The molecule has 7 heteroatoms. The van der Waals surface area contributed by atoms with E-state index in [9.17, 15) is 0 Å². The van der Waals surface area contributed by atoms with Crippen LogP contribution < -0.4 is 6.15 Å². The van der Waals surface area contributed by atoms with Gasteiger partial charge in [-0.25, -0.2) is 0 Å². The number of aliphatic hydroxyl groups is 1. The van der Waals surface area contributed by atoms with E-state index in [1.807, 2.05) is 0 Å². The molecule has 0 rings (SSSR count). The van der Waals surface area contributed by atoms with Gasteiger partial charge >= 0.3 is 0 Å². The molecule has 0 aliphatic heterocycles. The molecule has 0 fully saturated rings. The second-order valence-corrected chi connectivity index (χ2v) is 0. The van der Waals surface area contributed by atoms with E-state index in [1.54, 1.807) is 0 Å². The molecule has 0 amide bonds. The fourth-order valence-corrected chi connectivity index (χ4v) is 0. The predicted octanol–water partition coefficient (Wildman–Crippen LogP) is -4.35. The molecule has 8 heavy (non-hydrogen) atoms. The van der Waals surface area contributed by atoms with Crippen LogP contribution in [0.25, 0.3) is 0 Å². The van der Waals surface area contributed by atoms with Crippen LogP contribution in [0.3, 0.4) is 0 Å². The van der Waals surface area contributed by atoms with Crippen molar-refractivity contribution in [2.45, 2.75) is 0 Å². The monoisotopic (exact) mass is 139 g/mol. The van der Waals surface area contributed by atoms with Gasteiger partial charge in [-0.15, -0.1) is 0 Å². The maximum Gasteiger partial charge on any atom is 0.0319 e. The number of hydrogen-bond donors (Lipinski definition) is 2. The van der Waals surface area contributed by atoms with Gasteiger partial charge in [-0.2, -0.15) is 0 Å². The lowest BCUT2D eigenvalue weighted by Gasteiger charge is -1.21. The number of rotatable bonds is 0. The van der Waals surface area contributed by atoms with Crippen LogP contribution in [-0.4, -0.2) is 39.6 Å². The van der Waals surface area contributed by atoms with E-state index in [2.05, 4.69) is 0 Å². The molecule has 0 unspecified atom stereocenters. The Morgan fingerprint density at radius 3 is 0.625 bits per heavy atom. The molecule has 0 aromatic rings. The van der Waals surface area contributed by atoms with Crippen LogP contribution in [0.1, 0.15) is 0 Å². The van der Waals surface area contributed by atoms with Gasteiger partial charge < -0.3 is 38.6 Å². The highest BCUT2D eigenvalue weighted by Gasteiger charge is 0.839. The molecule has 14 N–H and O–H groups in total. The predicted molar refractivity (Wildman–Crippen MR) is 31.2 cm³/mol. The molecule has 0 bridgehead atoms. The van der Waals surface area contributed by atoms with Crippen LogP contribution in [-0.2, 0) is 0 Å². The maximum absolute atomic E-state index is 7.00. The standard InChI is InChI=1S/CH4O.H3N.5H2O/c1-2;;;;;;/h2H,1H3;1H3;5*1H2. The largest absolute Gasteiger partial charge is 0.412 e. The van der Waals surface area contributed by atoms with Crippen molar-refractivity contribution < 1.29 is 32.5 Å². The highest BCUT2D eigenvalue weighted by atomic mass is 16.2. The Labute approximate surface area is 47.1 Å². The Bertz CT molecular complexity index is 8.49. The van der Waals surface area contributed by atoms with Gasteiger partial charge in [0.15, 0.2) is 0 Å². The molecule has 0 heterocycles. The molecular weight excluding hydrogens is 122 g/mol. The summed E-state index contributed by atoms with van der Waals surface area (Å²) in [7, 11) is 1.00. The summed E-state index contributed by atoms with van der Waals surface area (Å²) in [5, 5.41) is 7.00. The van der Waals surface area contributed by atoms with E-state index >= 15 is 0 Å². The first kappa shape index (κ1) is 672. The summed E-state index contributed by atoms with van der Waals surface area (Å²) in [6, 6.07) is 0. The Kier molecular flexibility index (Phi) is 236000. The zero-order valence-corrected chi connectivity index (χ0v) is 4.65. The highest BCUT2D eigenvalue weighted by Crippen LogP contribution is 0.755. The summed E-state index contributed by atoms with van der Waals surface area (Å²) in [6.45, 7) is 0. The van der Waals surface area contributed by atoms with Crippen LogP contribution in [0.4, 0.5) is 0 Å². The summed E-state index contributed by atoms with van der Waals surface area (Å²) in [4.78, 5) is 0. The van der Waals surface area contributed by atoms with Gasteiger partial charge in [0.05, 0.1) is 0 Å². The van der Waals surface area contributed by atoms with E-state index in [1.165, 1.54) is 0 Å². The topological polar surface area (TPSA) is 213 Å². The molecule has 0 aliphatic carbocycles. The molecule has 0 spiro atoms. The van der Waals surface area contributed by atoms with Gasteiger partial charge in [0.25, 0.3) is 0 Å². The third-order valence-electron chi connectivity index (χ3n) is 0. The first-order valence-electron chi connectivity index (χ1n) is 0.447. The summed E-state index contributed by atoms with van der Waals surface area (Å²) >= 11 is 0. The van der Waals surface area contributed by atoms with Crippen molar-refractivity contribution in [2.24, 2.45) is 0 Å². The van der Waals surface area contributed by atoms with Crippen molar-refractivity contribution >= 4 is 0 Å². The third kappa shape index (κ3) is 1630. The molecule has 0 aromatic carbocycles. The summed E-state index contributed by atoms with van der Waals surface area (Å²) < 4.78 is 0. The Morgan fingerprint density at radius 2 is 0.625 bits per heavy atom. The molecule has 0 aromatic heterocycles. The van der Waals surface area contributed by atoms with Crippen molar-refractivity contribution in [1.82, 2.24) is 6.15 Å². The molecule has 62 valence electrons. The van der Waals surface area contributed by atoms with E-state index in [0.29, 0.717) is 0 Å². The Balaban J connectivity index is -0.000000000333. The molecular formula is CH17NO6. The first-order valence-corrected chi connectivity index (χ1v) is 0.447. The minimum absolute atomic E-state index is 0. The van der Waals surface area contributed by atoms with Crippen molar-refractivity contribution in [3.63, 3.8) is 0 Å². The molecule has 7 nitrogen and oxygen atoms in total. The molecule has 0 saturated heterocycles. The van der Waals surface area contributed by atoms with Gasteiger partial charge in [0.2, 0.25) is 0 Å². The summed E-state index contributed by atoms with van der Waals surface area (Å²) in [6.07, 6.45) is 0. The van der Waals surface area contributed by atoms with Gasteiger partial charge in [0, 0.05) is 7.11 Å². The normalized spacial score (nSPS) is 0.750. The van der Waals surface area contributed by atoms with E-state index < -0.39 is 0 Å². The minimum Gasteiger partial charge on any atom is -0.412 e. The van der Waals surface area contributed by atoms with Gasteiger partial charge in [-0.1, -0.05) is 0 Å². The van der Waals surface area contributed by atoms with E-state index in [-0.39, 0.29) is 33.5 Å². The van der Waals surface area contributed by atoms with Gasteiger partial charge in [-0.3, -0.25) is 0 Å². The second-order valence-electron chi connectivity index (χ2n) is 0. The van der Waals surface area contributed by atoms with Gasteiger partial charge in [-0.05, 0) is 0 Å². The average Bonchev–Trinajstić information content (AvgIpc) is 1.00. The number of aliphatic hydroxyl groups excluding tert-OH is 1. The van der Waals surface area contributed by atoms with Crippen LogP contribution in [0, 0.1) is 0 Å². The summed E-state index contributed by atoms with van der Waals surface area (Å²) in [5.74, 6) is 0. The quantitative estimate of drug-likeness (QED) is 0.340. The van der Waals surface area contributed by atoms with Gasteiger partial charge in [0.1, 0.15) is 0 Å². The van der Waals surface area contributed by atoms with E-state index in [0.717, 1.165) is 7.11 Å². The first-order chi connectivity index (χ1) is 1.00. The van der Waals surface area contributed by atoms with Crippen LogP contribution in [0.2, 0.25) is 0 Å². The van der Waals surface area contributed by atoms with Crippen LogP contribution in [0.5, 0.6) is 0 Å². The fourth-order valence-electron chi connectivity index (χ4n) is 0. The lowest BCUT2D eigenvalue weighted by molar-refractivity contribution is 0.399. The van der Waals surface area contributed by atoms with E-state index in [4.69, 9.17) is 5.11 Å². The average molecular weight is 139 g/mol. The second kappa shape index (κ2) is 2800. The third-order valence-corrected chi connectivity index (χ3v) is 0. The van der Waals surface area contributed by atoms with Crippen molar-refractivity contribution in [3.8, 4) is 0 Å². The fraction of sp³-hybridized carbons (Fsp3) is 1.00. The van der Waals surface area contributed by atoms with Crippen LogP contribution in [0.15, 0.2) is 0 Å². The minimum atomic E-state index is 0. The maximum atomic E-state index is 7.00. The lowest BCUT2D eigenvalue weighted by Crippen LogP contribution is -1.25. The van der Waals surface area contributed by atoms with Crippen molar-refractivity contribution in [2.75, 3.05) is 7.11 Å². The molecule has 0 aliphatic rings. The Hall–Kier alpha value is -0.280. The molecule has 0 atom stereocenters. The Morgan fingerprint density at radius 1 is 0.625 bits per heavy atom. The van der Waals surface area contributed by atoms with Crippen molar-refractivity contribution in [3.05, 3.63) is 0 Å². The highest BCUT2D eigenvalue weighted by molar-refractivity contribution is 3.18. The smallest absolute Gasteiger partial charge is 0.0319 e. The number of hydrogen-bond acceptors (Lipinski definition) is 2. The zero-order chi connectivity index (χ0) is 2.00. The van der Waals surface area contributed by atoms with Crippen LogP contribution >= 0.6 is 0 Å². The van der Waals surface area contributed by atoms with Crippen molar-refractivity contribution in [1.29, 1.82) is 0 Å².